The molecule has 2 aromatic carbocycles. The van der Waals surface area contributed by atoms with E-state index in [9.17, 15) is 0 Å². The molecule has 0 nitrogen and oxygen atoms in total. The third-order valence-electron chi connectivity index (χ3n) is 6.44. The van der Waals surface area contributed by atoms with Crippen molar-refractivity contribution in [2.24, 2.45) is 5.92 Å². The number of benzene rings is 2. The van der Waals surface area contributed by atoms with Crippen LogP contribution < -0.4 is 24.8 Å². The van der Waals surface area contributed by atoms with E-state index >= 15 is 0 Å². The van der Waals surface area contributed by atoms with E-state index in [4.69, 9.17) is 0 Å². The monoisotopic (exact) mass is 530 g/mol. The van der Waals surface area contributed by atoms with Gasteiger partial charge in [-0.2, -0.15) is 0 Å². The summed E-state index contributed by atoms with van der Waals surface area (Å²) in [6.07, 6.45) is 4.94. The predicted molar refractivity (Wildman–Crippen MR) is 122 cm³/mol. The zero-order valence-electron chi connectivity index (χ0n) is 20.0. The zero-order chi connectivity index (χ0) is 21.1. The smallest absolute Gasteiger partial charge is 1.00 e. The van der Waals surface area contributed by atoms with Crippen molar-refractivity contribution >= 4 is 0 Å². The summed E-state index contributed by atoms with van der Waals surface area (Å²) in [6.45, 7) is 18.6. The van der Waals surface area contributed by atoms with Crippen LogP contribution in [0.2, 0.25) is 0 Å². The molecule has 0 amide bonds. The largest absolute Gasteiger partial charge is 1.00 e. The maximum absolute atomic E-state index is 2.54. The van der Waals surface area contributed by atoms with Crippen molar-refractivity contribution in [2.45, 2.75) is 69.8 Å². The molecule has 164 valence electrons. The summed E-state index contributed by atoms with van der Waals surface area (Å²) in [6, 6.07) is 14.6. The molecule has 0 saturated heterocycles. The van der Waals surface area contributed by atoms with Gasteiger partial charge in [0, 0.05) is 0 Å². The number of fused-ring (bicyclic) bond motifs is 3. The van der Waals surface area contributed by atoms with Gasteiger partial charge in [0.15, 0.2) is 0 Å². The van der Waals surface area contributed by atoms with E-state index in [-0.39, 0.29) is 35.6 Å². The van der Waals surface area contributed by atoms with Crippen molar-refractivity contribution in [3.63, 3.8) is 0 Å². The van der Waals surface area contributed by atoms with E-state index in [1.165, 1.54) is 27.8 Å². The summed E-state index contributed by atoms with van der Waals surface area (Å²) in [5.74, 6) is 0.630. The maximum Gasteiger partial charge on any atom is -1.00 e. The van der Waals surface area contributed by atoms with E-state index in [0.29, 0.717) is 9.54 Å². The summed E-state index contributed by atoms with van der Waals surface area (Å²) in [4.78, 5) is 0. The van der Waals surface area contributed by atoms with Gasteiger partial charge in [0.25, 0.3) is 0 Å². The number of hydrogen-bond acceptors (Lipinski definition) is 0. The molecule has 4 rings (SSSR count). The Bertz CT molecular complexity index is 968. The minimum atomic E-state index is -0.793. The van der Waals surface area contributed by atoms with Crippen molar-refractivity contribution in [3.8, 4) is 11.1 Å². The van der Waals surface area contributed by atoms with Crippen molar-refractivity contribution in [1.82, 2.24) is 0 Å². The van der Waals surface area contributed by atoms with Gasteiger partial charge in [0.05, 0.1) is 0 Å². The molecule has 0 N–H and O–H groups in total. The second-order valence-electron chi connectivity index (χ2n) is 11.0. The molecular weight excluding hydrogens is 498 g/mol. The SMILES string of the molecule is CC1=CC(C)[C]([Zr+2][CH]2c3cc(C(C)(C)C)ccc3-c3ccc(C(C)(C)C)cc32)=C1.[Cl-].[Cl-]. The maximum atomic E-state index is 2.54. The van der Waals surface area contributed by atoms with Crippen LogP contribution in [0.3, 0.4) is 0 Å². The minimum Gasteiger partial charge on any atom is -1.00 e. The third-order valence-corrected chi connectivity index (χ3v) is 11.0. The van der Waals surface area contributed by atoms with Gasteiger partial charge in [0.1, 0.15) is 0 Å². The van der Waals surface area contributed by atoms with Gasteiger partial charge in [-0.15, -0.1) is 0 Å². The van der Waals surface area contributed by atoms with Crippen LogP contribution >= 0.6 is 0 Å². The van der Waals surface area contributed by atoms with Gasteiger partial charge in [0.2, 0.25) is 0 Å². The molecule has 0 saturated carbocycles. The molecule has 0 spiro atoms. The van der Waals surface area contributed by atoms with Crippen LogP contribution in [0.15, 0.2) is 57.4 Å². The Morgan fingerprint density at radius 2 is 1.19 bits per heavy atom. The molecule has 0 heterocycles. The first-order valence-electron chi connectivity index (χ1n) is 10.9. The molecule has 1 atom stereocenters. The molecule has 0 bridgehead atoms. The van der Waals surface area contributed by atoms with Crippen molar-refractivity contribution in [2.75, 3.05) is 0 Å². The van der Waals surface area contributed by atoms with Gasteiger partial charge < -0.3 is 24.8 Å². The Kier molecular flexibility index (Phi) is 8.01. The Hall–Kier alpha value is -0.617. The molecular formula is C28H34Cl2Zr. The summed E-state index contributed by atoms with van der Waals surface area (Å²) in [5.41, 5.74) is 10.9. The van der Waals surface area contributed by atoms with Gasteiger partial charge in [-0.05, 0) is 0 Å². The fourth-order valence-electron chi connectivity index (χ4n) is 4.60. The zero-order valence-corrected chi connectivity index (χ0v) is 24.0. The first kappa shape index (κ1) is 26.6. The van der Waals surface area contributed by atoms with Crippen molar-refractivity contribution in [1.29, 1.82) is 0 Å². The quantitative estimate of drug-likeness (QED) is 0.555. The molecule has 2 aromatic rings. The molecule has 0 fully saturated rings. The predicted octanol–water partition coefficient (Wildman–Crippen LogP) is 1.92. The van der Waals surface area contributed by atoms with Crippen LogP contribution in [0, 0.1) is 5.92 Å². The van der Waals surface area contributed by atoms with Gasteiger partial charge in [-0.25, -0.2) is 0 Å². The minimum absolute atomic E-state index is 0. The van der Waals surface area contributed by atoms with E-state index in [2.05, 4.69) is 104 Å². The van der Waals surface area contributed by atoms with Crippen LogP contribution in [0.4, 0.5) is 0 Å². The van der Waals surface area contributed by atoms with Crippen LogP contribution in [0.1, 0.15) is 81.3 Å². The van der Waals surface area contributed by atoms with Crippen LogP contribution in [-0.4, -0.2) is 0 Å². The Balaban J connectivity index is 0.00000171. The van der Waals surface area contributed by atoms with E-state index < -0.39 is 23.2 Å². The topological polar surface area (TPSA) is 0 Å². The van der Waals surface area contributed by atoms with E-state index in [1.807, 2.05) is 0 Å². The van der Waals surface area contributed by atoms with Crippen molar-refractivity contribution in [3.05, 3.63) is 79.7 Å². The summed E-state index contributed by atoms with van der Waals surface area (Å²) in [5, 5.41) is 0. The summed E-state index contributed by atoms with van der Waals surface area (Å²) >= 11 is -0.793. The molecule has 2 aliphatic rings. The Morgan fingerprint density at radius 3 is 1.55 bits per heavy atom. The van der Waals surface area contributed by atoms with Crippen LogP contribution in [0.25, 0.3) is 11.1 Å². The van der Waals surface area contributed by atoms with Gasteiger partial charge >= 0.3 is 190 Å². The second kappa shape index (κ2) is 9.32. The number of allylic oxidation sites excluding steroid dienone is 4. The fraction of sp³-hybridized carbons (Fsp3) is 0.429. The normalized spacial score (nSPS) is 17.6. The third kappa shape index (κ3) is 5.15. The standard InChI is InChI=1S/C21H25.C7H9.2ClH.Zr/c1-20(2,3)16-7-9-18-14(12-16)11-15-13-17(21(4,5)6)8-10-19(15)18;1-6-3-4-7(2)5-6;;;/h7-13H,1-6H3;3,5,7H,1-2H3;2*1H;/q;;;;+2/p-2. The summed E-state index contributed by atoms with van der Waals surface area (Å²) in [7, 11) is 0. The molecule has 3 heteroatoms. The van der Waals surface area contributed by atoms with Gasteiger partial charge in [-0.1, -0.05) is 0 Å². The Morgan fingerprint density at radius 1 is 0.742 bits per heavy atom. The first-order valence-corrected chi connectivity index (χ1v) is 13.6. The van der Waals surface area contributed by atoms with E-state index in [0.717, 1.165) is 0 Å². The van der Waals surface area contributed by atoms with Crippen LogP contribution in [0.5, 0.6) is 0 Å². The number of rotatable bonds is 2. The molecule has 2 aliphatic carbocycles. The van der Waals surface area contributed by atoms with E-state index in [1.54, 1.807) is 14.4 Å². The fourth-order valence-corrected chi connectivity index (χ4v) is 8.97. The summed E-state index contributed by atoms with van der Waals surface area (Å²) < 4.78 is 2.37. The van der Waals surface area contributed by atoms with Crippen molar-refractivity contribution < 1.29 is 48.0 Å². The molecule has 0 radical (unpaired) electrons. The molecule has 1 unspecified atom stereocenters. The average Bonchev–Trinajstić information content (AvgIpc) is 3.10. The number of halogens is 2. The molecule has 0 aliphatic heterocycles. The molecule has 0 aromatic heterocycles. The molecule has 31 heavy (non-hydrogen) atoms. The number of hydrogen-bond donors (Lipinski definition) is 0. The Labute approximate surface area is 213 Å². The first-order chi connectivity index (χ1) is 13.4. The second-order valence-corrected chi connectivity index (χ2v) is 14.5. The van der Waals surface area contributed by atoms with Crippen LogP contribution in [-0.2, 0) is 34.1 Å². The van der Waals surface area contributed by atoms with Gasteiger partial charge in [-0.3, -0.25) is 0 Å². The average molecular weight is 533 g/mol.